The smallest absolute Gasteiger partial charge is 0.306 e. The molecule has 0 aromatic heterocycles. The molecule has 0 saturated heterocycles. The third kappa shape index (κ3) is 6.81. The fraction of sp³-hybridized carbons (Fsp3) is 0.318. The van der Waals surface area contributed by atoms with Crippen molar-refractivity contribution in [1.82, 2.24) is 0 Å². The van der Waals surface area contributed by atoms with Crippen LogP contribution in [0.3, 0.4) is 0 Å². The number of hydrogen-bond acceptors (Lipinski definition) is 8. The van der Waals surface area contributed by atoms with Gasteiger partial charge in [0.1, 0.15) is 17.2 Å². The first-order valence-corrected chi connectivity index (χ1v) is 11.2. The van der Waals surface area contributed by atoms with Crippen molar-refractivity contribution in [3.8, 4) is 28.7 Å². The molecule has 0 aliphatic heterocycles. The minimum atomic E-state index is -3.68. The van der Waals surface area contributed by atoms with Gasteiger partial charge in [-0.1, -0.05) is 6.07 Å². The van der Waals surface area contributed by atoms with Crippen LogP contribution in [0.15, 0.2) is 35.7 Å². The van der Waals surface area contributed by atoms with Gasteiger partial charge in [-0.05, 0) is 23.8 Å². The summed E-state index contributed by atoms with van der Waals surface area (Å²) in [6, 6.07) is 7.93. The first-order chi connectivity index (χ1) is 15.2. The Balaban J connectivity index is 2.27. The second-order valence-electron chi connectivity index (χ2n) is 6.53. The molecule has 0 unspecified atom stereocenters. The van der Waals surface area contributed by atoms with E-state index in [1.165, 1.54) is 40.6 Å². The van der Waals surface area contributed by atoms with Crippen LogP contribution in [0.4, 0.5) is 0 Å². The molecule has 1 N–H and O–H groups in total. The van der Waals surface area contributed by atoms with Crippen molar-refractivity contribution in [2.75, 3.05) is 35.0 Å². The van der Waals surface area contributed by atoms with Gasteiger partial charge < -0.3 is 28.8 Å². The summed E-state index contributed by atoms with van der Waals surface area (Å²) in [5.74, 6) is 0.634. The Labute approximate surface area is 187 Å². The number of rotatable bonds is 12. The zero-order valence-electron chi connectivity index (χ0n) is 18.3. The molecule has 0 fully saturated rings. The van der Waals surface area contributed by atoms with Crippen molar-refractivity contribution >= 4 is 21.9 Å². The molecule has 0 spiro atoms. The van der Waals surface area contributed by atoms with E-state index >= 15 is 0 Å². The number of ether oxygens (including phenoxy) is 5. The Morgan fingerprint density at radius 2 is 1.53 bits per heavy atom. The molecule has 0 saturated carbocycles. The third-order valence-corrected chi connectivity index (χ3v) is 5.65. The molecule has 0 radical (unpaired) electrons. The van der Waals surface area contributed by atoms with E-state index in [0.29, 0.717) is 34.1 Å². The van der Waals surface area contributed by atoms with Crippen molar-refractivity contribution < 1.29 is 42.0 Å². The number of benzene rings is 2. The van der Waals surface area contributed by atoms with E-state index in [4.69, 9.17) is 28.8 Å². The van der Waals surface area contributed by atoms with Crippen molar-refractivity contribution in [1.29, 1.82) is 0 Å². The highest BCUT2D eigenvalue weighted by Gasteiger charge is 2.15. The van der Waals surface area contributed by atoms with E-state index in [1.807, 2.05) is 0 Å². The predicted octanol–water partition coefficient (Wildman–Crippen LogP) is 3.16. The first kappa shape index (κ1) is 24.9. The van der Waals surface area contributed by atoms with Crippen LogP contribution in [0.25, 0.3) is 6.08 Å². The van der Waals surface area contributed by atoms with Crippen molar-refractivity contribution in [3.63, 3.8) is 0 Å². The van der Waals surface area contributed by atoms with E-state index in [2.05, 4.69) is 0 Å². The fourth-order valence-electron chi connectivity index (χ4n) is 2.82. The Morgan fingerprint density at radius 3 is 2.06 bits per heavy atom. The zero-order chi connectivity index (χ0) is 23.7. The summed E-state index contributed by atoms with van der Waals surface area (Å²) in [6.45, 7) is -0.0706. The topological polar surface area (TPSA) is 118 Å². The number of carboxylic acid groups (broad SMARTS) is 1. The van der Waals surface area contributed by atoms with E-state index in [1.54, 1.807) is 24.3 Å². The zero-order valence-corrected chi connectivity index (χ0v) is 19.1. The number of methoxy groups -OCH3 is 4. The van der Waals surface area contributed by atoms with Gasteiger partial charge in [-0.2, -0.15) is 0 Å². The Kier molecular flexibility index (Phi) is 8.77. The summed E-state index contributed by atoms with van der Waals surface area (Å²) < 4.78 is 51.9. The highest BCUT2D eigenvalue weighted by atomic mass is 32.2. The lowest BCUT2D eigenvalue weighted by Gasteiger charge is -2.13. The van der Waals surface area contributed by atoms with Crippen molar-refractivity contribution in [2.24, 2.45) is 0 Å². The molecule has 2 aromatic carbocycles. The second kappa shape index (κ2) is 11.3. The van der Waals surface area contributed by atoms with E-state index in [0.717, 1.165) is 5.41 Å². The minimum Gasteiger partial charge on any atom is -0.496 e. The molecule has 0 heterocycles. The highest BCUT2D eigenvalue weighted by molar-refractivity contribution is 7.93. The molecular formula is C22H26O9S. The number of hydrogen-bond donors (Lipinski definition) is 1. The quantitative estimate of drug-likeness (QED) is 0.503. The molecule has 0 amide bonds. The molecule has 10 heteroatoms. The largest absolute Gasteiger partial charge is 0.496 e. The molecular weight excluding hydrogens is 440 g/mol. The second-order valence-corrected chi connectivity index (χ2v) is 8.42. The number of aliphatic carboxylic acids is 1. The standard InChI is InChI=1S/C22H26O9S/c1-27-16-12-19(29-3)17(20(13-16)30-4)8-10-32(25,26)14-15-5-6-18(28-2)21(11-15)31-9-7-22(23)24/h5-6,8,10-13H,7,9,14H2,1-4H3,(H,23,24). The average Bonchev–Trinajstić information content (AvgIpc) is 2.76. The Bertz CT molecular complexity index is 1050. The Morgan fingerprint density at radius 1 is 0.906 bits per heavy atom. The summed E-state index contributed by atoms with van der Waals surface area (Å²) in [5.41, 5.74) is 0.904. The Hall–Kier alpha value is -3.40. The van der Waals surface area contributed by atoms with Gasteiger partial charge >= 0.3 is 5.97 Å². The molecule has 2 aromatic rings. The maximum atomic E-state index is 12.7. The van der Waals surface area contributed by atoms with Gasteiger partial charge in [0.15, 0.2) is 21.3 Å². The molecule has 32 heavy (non-hydrogen) atoms. The van der Waals surface area contributed by atoms with Crippen LogP contribution in [0.5, 0.6) is 28.7 Å². The van der Waals surface area contributed by atoms with E-state index < -0.39 is 15.8 Å². The molecule has 2 rings (SSSR count). The van der Waals surface area contributed by atoms with Gasteiger partial charge in [0.2, 0.25) is 0 Å². The molecule has 0 atom stereocenters. The van der Waals surface area contributed by atoms with E-state index in [-0.39, 0.29) is 24.5 Å². The van der Waals surface area contributed by atoms with Crippen LogP contribution in [0.1, 0.15) is 17.5 Å². The van der Waals surface area contributed by atoms with Crippen molar-refractivity contribution in [3.05, 3.63) is 46.9 Å². The van der Waals surface area contributed by atoms with Gasteiger partial charge in [0.25, 0.3) is 0 Å². The van der Waals surface area contributed by atoms with Crippen LogP contribution in [0, 0.1) is 0 Å². The lowest BCUT2D eigenvalue weighted by Crippen LogP contribution is -2.06. The number of sulfone groups is 1. The normalized spacial score (nSPS) is 11.2. The molecule has 174 valence electrons. The van der Waals surface area contributed by atoms with Crippen LogP contribution >= 0.6 is 0 Å². The molecule has 0 bridgehead atoms. The summed E-state index contributed by atoms with van der Waals surface area (Å²) in [7, 11) is 2.18. The third-order valence-electron chi connectivity index (χ3n) is 4.36. The first-order valence-electron chi connectivity index (χ1n) is 9.45. The molecule has 9 nitrogen and oxygen atoms in total. The average molecular weight is 467 g/mol. The summed E-state index contributed by atoms with van der Waals surface area (Å²) in [5, 5.41) is 9.84. The number of carboxylic acids is 1. The van der Waals surface area contributed by atoms with Crippen LogP contribution < -0.4 is 23.7 Å². The summed E-state index contributed by atoms with van der Waals surface area (Å²) in [4.78, 5) is 10.7. The molecule has 0 aliphatic carbocycles. The lowest BCUT2D eigenvalue weighted by molar-refractivity contribution is -0.137. The van der Waals surface area contributed by atoms with Gasteiger partial charge in [-0.15, -0.1) is 0 Å². The van der Waals surface area contributed by atoms with Gasteiger partial charge in [0, 0.05) is 17.5 Å². The summed E-state index contributed by atoms with van der Waals surface area (Å²) >= 11 is 0. The maximum absolute atomic E-state index is 12.7. The van der Waals surface area contributed by atoms with Gasteiger partial charge in [-0.3, -0.25) is 4.79 Å². The summed E-state index contributed by atoms with van der Waals surface area (Å²) in [6.07, 6.45) is 1.21. The number of carbonyl (C=O) groups is 1. The molecule has 0 aliphatic rings. The lowest BCUT2D eigenvalue weighted by atomic mass is 10.1. The monoisotopic (exact) mass is 466 g/mol. The minimum absolute atomic E-state index is 0.0706. The fourth-order valence-corrected chi connectivity index (χ4v) is 3.90. The SMILES string of the molecule is COc1cc(OC)c(C=CS(=O)(=O)Cc2ccc(OC)c(OCCC(=O)O)c2)c(OC)c1. The predicted molar refractivity (Wildman–Crippen MR) is 118 cm³/mol. The highest BCUT2D eigenvalue weighted by Crippen LogP contribution is 2.35. The van der Waals surface area contributed by atoms with Crippen LogP contribution in [0.2, 0.25) is 0 Å². The maximum Gasteiger partial charge on any atom is 0.306 e. The van der Waals surface area contributed by atoms with Crippen molar-refractivity contribution in [2.45, 2.75) is 12.2 Å². The van der Waals surface area contributed by atoms with Crippen LogP contribution in [-0.2, 0) is 20.4 Å². The van der Waals surface area contributed by atoms with Crippen LogP contribution in [-0.4, -0.2) is 54.5 Å². The van der Waals surface area contributed by atoms with Gasteiger partial charge in [-0.25, -0.2) is 8.42 Å². The van der Waals surface area contributed by atoms with E-state index in [9.17, 15) is 13.2 Å². The van der Waals surface area contributed by atoms with Gasteiger partial charge in [0.05, 0.1) is 52.8 Å².